The van der Waals surface area contributed by atoms with E-state index in [0.717, 1.165) is 16.5 Å². The average molecular weight is 263 g/mol. The number of aromatic nitrogens is 1. The van der Waals surface area contributed by atoms with Crippen molar-refractivity contribution in [3.63, 3.8) is 0 Å². The number of hydrogen-bond acceptors (Lipinski definition) is 1. The molecule has 1 heterocycles. The standard InChI is InChI=1S/C15H18FNO2/c1-9(2)17-8-13(10(3)6-15(18)19)12-7-11(16)4-5-14(12)17/h4-5,7-10H,6H2,1-3H3,(H,18,19). The summed E-state index contributed by atoms with van der Waals surface area (Å²) in [6.45, 7) is 5.96. The minimum absolute atomic E-state index is 0.0493. The van der Waals surface area contributed by atoms with Crippen molar-refractivity contribution in [2.45, 2.75) is 39.2 Å². The SMILES string of the molecule is CC(CC(=O)O)c1cn(C(C)C)c2ccc(F)cc12. The van der Waals surface area contributed by atoms with E-state index in [9.17, 15) is 9.18 Å². The molecule has 1 N–H and O–H groups in total. The third-order valence-corrected chi connectivity index (χ3v) is 3.39. The zero-order valence-electron chi connectivity index (χ0n) is 11.4. The fourth-order valence-electron chi connectivity index (χ4n) is 2.45. The number of aliphatic carboxylic acids is 1. The summed E-state index contributed by atoms with van der Waals surface area (Å²) in [6, 6.07) is 4.93. The lowest BCUT2D eigenvalue weighted by molar-refractivity contribution is -0.137. The lowest BCUT2D eigenvalue weighted by atomic mass is 9.97. The third-order valence-electron chi connectivity index (χ3n) is 3.39. The highest BCUT2D eigenvalue weighted by atomic mass is 19.1. The molecule has 0 radical (unpaired) electrons. The molecule has 1 aromatic carbocycles. The van der Waals surface area contributed by atoms with E-state index in [2.05, 4.69) is 18.4 Å². The van der Waals surface area contributed by atoms with Gasteiger partial charge in [-0.15, -0.1) is 0 Å². The van der Waals surface area contributed by atoms with Gasteiger partial charge in [-0.1, -0.05) is 6.92 Å². The molecule has 0 fully saturated rings. The molecule has 3 nitrogen and oxygen atoms in total. The first kappa shape index (κ1) is 13.6. The maximum absolute atomic E-state index is 13.4. The molecule has 1 unspecified atom stereocenters. The molecule has 0 amide bonds. The van der Waals surface area contributed by atoms with Crippen LogP contribution in [0.4, 0.5) is 4.39 Å². The second kappa shape index (κ2) is 5.03. The van der Waals surface area contributed by atoms with E-state index in [1.54, 1.807) is 6.07 Å². The molecule has 102 valence electrons. The van der Waals surface area contributed by atoms with Crippen molar-refractivity contribution in [3.8, 4) is 0 Å². The van der Waals surface area contributed by atoms with Gasteiger partial charge in [0.25, 0.3) is 0 Å². The van der Waals surface area contributed by atoms with Crippen molar-refractivity contribution in [1.29, 1.82) is 0 Å². The van der Waals surface area contributed by atoms with Crippen molar-refractivity contribution in [1.82, 2.24) is 4.57 Å². The molecular formula is C15H18FNO2. The number of fused-ring (bicyclic) bond motifs is 1. The molecule has 1 atom stereocenters. The Morgan fingerprint density at radius 2 is 2.05 bits per heavy atom. The predicted octanol–water partition coefficient (Wildman–Crippen LogP) is 3.94. The molecule has 2 rings (SSSR count). The Morgan fingerprint density at radius 3 is 2.63 bits per heavy atom. The number of benzene rings is 1. The third kappa shape index (κ3) is 2.62. The van der Waals surface area contributed by atoms with Crippen LogP contribution in [-0.4, -0.2) is 15.6 Å². The van der Waals surface area contributed by atoms with Crippen LogP contribution in [0.1, 0.15) is 44.7 Å². The second-order valence-electron chi connectivity index (χ2n) is 5.25. The normalized spacial score (nSPS) is 13.1. The number of hydrogen-bond donors (Lipinski definition) is 1. The Labute approximate surface area is 111 Å². The Balaban J connectivity index is 2.59. The smallest absolute Gasteiger partial charge is 0.303 e. The Morgan fingerprint density at radius 1 is 1.37 bits per heavy atom. The highest BCUT2D eigenvalue weighted by molar-refractivity contribution is 5.85. The van der Waals surface area contributed by atoms with Crippen LogP contribution in [0.15, 0.2) is 24.4 Å². The number of carboxylic acids is 1. The van der Waals surface area contributed by atoms with Gasteiger partial charge in [-0.05, 0) is 43.5 Å². The zero-order chi connectivity index (χ0) is 14.2. The van der Waals surface area contributed by atoms with Crippen LogP contribution in [-0.2, 0) is 4.79 Å². The summed E-state index contributed by atoms with van der Waals surface area (Å²) in [5.41, 5.74) is 1.84. The number of carbonyl (C=O) groups is 1. The van der Waals surface area contributed by atoms with Crippen LogP contribution in [0.3, 0.4) is 0 Å². The molecule has 0 saturated carbocycles. The second-order valence-corrected chi connectivity index (χ2v) is 5.25. The van der Waals surface area contributed by atoms with Crippen LogP contribution < -0.4 is 0 Å². The average Bonchev–Trinajstić information content (AvgIpc) is 2.66. The maximum atomic E-state index is 13.4. The first-order chi connectivity index (χ1) is 8.90. The van der Waals surface area contributed by atoms with Crippen LogP contribution in [0.2, 0.25) is 0 Å². The van der Waals surface area contributed by atoms with Crippen LogP contribution in [0.5, 0.6) is 0 Å². The van der Waals surface area contributed by atoms with Crippen molar-refractivity contribution in [2.24, 2.45) is 0 Å². The molecule has 19 heavy (non-hydrogen) atoms. The number of carboxylic acid groups (broad SMARTS) is 1. The molecule has 0 spiro atoms. The number of halogens is 1. The van der Waals surface area contributed by atoms with E-state index >= 15 is 0 Å². The van der Waals surface area contributed by atoms with Gasteiger partial charge in [0.15, 0.2) is 0 Å². The lowest BCUT2D eigenvalue weighted by Crippen LogP contribution is -2.03. The minimum Gasteiger partial charge on any atom is -0.481 e. The summed E-state index contributed by atoms with van der Waals surface area (Å²) in [7, 11) is 0. The lowest BCUT2D eigenvalue weighted by Gasteiger charge is -2.09. The molecular weight excluding hydrogens is 245 g/mol. The Hall–Kier alpha value is -1.84. The molecule has 1 aromatic heterocycles. The fraction of sp³-hybridized carbons (Fsp3) is 0.400. The molecule has 0 bridgehead atoms. The van der Waals surface area contributed by atoms with Crippen molar-refractivity contribution in [2.75, 3.05) is 0 Å². The van der Waals surface area contributed by atoms with Gasteiger partial charge in [0.1, 0.15) is 5.82 Å². The van der Waals surface area contributed by atoms with Crippen LogP contribution >= 0.6 is 0 Å². The maximum Gasteiger partial charge on any atom is 0.303 e. The zero-order valence-corrected chi connectivity index (χ0v) is 11.4. The van der Waals surface area contributed by atoms with Gasteiger partial charge in [-0.2, -0.15) is 0 Å². The van der Waals surface area contributed by atoms with Crippen LogP contribution in [0, 0.1) is 5.82 Å². The van der Waals surface area contributed by atoms with Gasteiger partial charge in [0.05, 0.1) is 6.42 Å². The topological polar surface area (TPSA) is 42.2 Å². The highest BCUT2D eigenvalue weighted by Crippen LogP contribution is 2.32. The van der Waals surface area contributed by atoms with Gasteiger partial charge in [0, 0.05) is 23.1 Å². The molecule has 2 aromatic rings. The Bertz CT molecular complexity index is 616. The van der Waals surface area contributed by atoms with Gasteiger partial charge >= 0.3 is 5.97 Å². The fourth-order valence-corrected chi connectivity index (χ4v) is 2.45. The molecule has 0 aliphatic rings. The summed E-state index contributed by atoms with van der Waals surface area (Å²) >= 11 is 0. The monoisotopic (exact) mass is 263 g/mol. The molecule has 0 aliphatic heterocycles. The highest BCUT2D eigenvalue weighted by Gasteiger charge is 2.18. The number of rotatable bonds is 4. The minimum atomic E-state index is -0.839. The molecule has 0 saturated heterocycles. The van der Waals surface area contributed by atoms with E-state index in [1.165, 1.54) is 12.1 Å². The van der Waals surface area contributed by atoms with E-state index < -0.39 is 5.97 Å². The summed E-state index contributed by atoms with van der Waals surface area (Å²) in [6.07, 6.45) is 2.00. The molecule has 0 aliphatic carbocycles. The van der Waals surface area contributed by atoms with Crippen molar-refractivity contribution < 1.29 is 14.3 Å². The summed E-state index contributed by atoms with van der Waals surface area (Å²) in [5.74, 6) is -1.27. The summed E-state index contributed by atoms with van der Waals surface area (Å²) < 4.78 is 15.5. The largest absolute Gasteiger partial charge is 0.481 e. The van der Waals surface area contributed by atoms with Gasteiger partial charge in [-0.3, -0.25) is 4.79 Å². The first-order valence-corrected chi connectivity index (χ1v) is 6.42. The van der Waals surface area contributed by atoms with E-state index in [1.807, 2.05) is 13.1 Å². The van der Waals surface area contributed by atoms with E-state index in [4.69, 9.17) is 5.11 Å². The van der Waals surface area contributed by atoms with Crippen molar-refractivity contribution in [3.05, 3.63) is 35.8 Å². The van der Waals surface area contributed by atoms with E-state index in [0.29, 0.717) is 0 Å². The predicted molar refractivity (Wildman–Crippen MR) is 72.9 cm³/mol. The molecule has 4 heteroatoms. The quantitative estimate of drug-likeness (QED) is 0.907. The summed E-state index contributed by atoms with van der Waals surface area (Å²) in [5, 5.41) is 9.71. The number of nitrogens with zero attached hydrogens (tertiary/aromatic N) is 1. The van der Waals surface area contributed by atoms with Gasteiger partial charge in [0.2, 0.25) is 0 Å². The first-order valence-electron chi connectivity index (χ1n) is 6.42. The van der Waals surface area contributed by atoms with E-state index in [-0.39, 0.29) is 24.2 Å². The van der Waals surface area contributed by atoms with Crippen LogP contribution in [0.25, 0.3) is 10.9 Å². The van der Waals surface area contributed by atoms with Gasteiger partial charge < -0.3 is 9.67 Å². The summed E-state index contributed by atoms with van der Waals surface area (Å²) in [4.78, 5) is 10.8. The Kier molecular flexibility index (Phi) is 3.60. The van der Waals surface area contributed by atoms with Gasteiger partial charge in [-0.25, -0.2) is 4.39 Å². The van der Waals surface area contributed by atoms with Crippen molar-refractivity contribution >= 4 is 16.9 Å².